The van der Waals surface area contributed by atoms with E-state index in [-0.39, 0.29) is 17.9 Å². The molecule has 3 atom stereocenters. The maximum atomic E-state index is 12.4. The molecule has 0 spiro atoms. The highest BCUT2D eigenvalue weighted by Crippen LogP contribution is 2.32. The molecule has 3 rings (SSSR count). The normalized spacial score (nSPS) is 22.0. The Labute approximate surface area is 142 Å². The minimum atomic E-state index is 0.0481. The van der Waals surface area contributed by atoms with Crippen LogP contribution >= 0.6 is 11.3 Å². The second-order valence-electron chi connectivity index (χ2n) is 6.63. The number of aryl methyl sites for hydroxylation is 1. The summed E-state index contributed by atoms with van der Waals surface area (Å²) in [5.74, 6) is 0.917. The van der Waals surface area contributed by atoms with E-state index in [1.807, 2.05) is 12.4 Å². The third-order valence-corrected chi connectivity index (χ3v) is 5.95. The Morgan fingerprint density at radius 1 is 1.30 bits per heavy atom. The van der Waals surface area contributed by atoms with Crippen LogP contribution in [0.4, 0.5) is 0 Å². The minimum absolute atomic E-state index is 0.0481. The van der Waals surface area contributed by atoms with Gasteiger partial charge in [-0.3, -0.25) is 4.79 Å². The maximum absolute atomic E-state index is 12.4. The van der Waals surface area contributed by atoms with E-state index in [0.717, 1.165) is 17.7 Å². The minimum Gasteiger partial charge on any atom is -0.349 e. The third kappa shape index (κ3) is 3.47. The molecule has 1 aromatic carbocycles. The molecule has 23 heavy (non-hydrogen) atoms. The van der Waals surface area contributed by atoms with E-state index in [0.29, 0.717) is 5.92 Å². The smallest absolute Gasteiger partial charge is 0.223 e. The first-order valence-electron chi connectivity index (χ1n) is 8.37. The zero-order valence-corrected chi connectivity index (χ0v) is 14.8. The molecule has 1 amide bonds. The number of aromatic nitrogens is 1. The van der Waals surface area contributed by atoms with Gasteiger partial charge in [0.1, 0.15) is 0 Å². The molecule has 0 radical (unpaired) electrons. The highest BCUT2D eigenvalue weighted by molar-refractivity contribution is 7.13. The van der Waals surface area contributed by atoms with Crippen LogP contribution in [-0.2, 0) is 4.79 Å². The van der Waals surface area contributed by atoms with Crippen LogP contribution in [0.1, 0.15) is 50.4 Å². The fourth-order valence-corrected chi connectivity index (χ4v) is 4.25. The molecule has 1 fully saturated rings. The fraction of sp³-hybridized carbons (Fsp3) is 0.474. The lowest BCUT2D eigenvalue weighted by Crippen LogP contribution is -2.33. The molecule has 4 heteroatoms. The van der Waals surface area contributed by atoms with Crippen LogP contribution in [0, 0.1) is 18.8 Å². The lowest BCUT2D eigenvalue weighted by molar-refractivity contribution is -0.126. The zero-order valence-electron chi connectivity index (χ0n) is 14.0. The number of rotatable bonds is 4. The van der Waals surface area contributed by atoms with Crippen LogP contribution in [0.3, 0.4) is 0 Å². The van der Waals surface area contributed by atoms with Gasteiger partial charge in [-0.05, 0) is 43.7 Å². The van der Waals surface area contributed by atoms with Crippen LogP contribution in [0.25, 0.3) is 10.4 Å². The highest BCUT2D eigenvalue weighted by Gasteiger charge is 2.30. The van der Waals surface area contributed by atoms with Gasteiger partial charge in [0.25, 0.3) is 0 Å². The average molecular weight is 328 g/mol. The van der Waals surface area contributed by atoms with E-state index in [4.69, 9.17) is 0 Å². The molecule has 1 unspecified atom stereocenters. The van der Waals surface area contributed by atoms with Crippen LogP contribution in [0.5, 0.6) is 0 Å². The molecule has 1 aliphatic rings. The molecule has 1 saturated carbocycles. The van der Waals surface area contributed by atoms with Crippen molar-refractivity contribution < 1.29 is 4.79 Å². The van der Waals surface area contributed by atoms with Gasteiger partial charge in [0.15, 0.2) is 0 Å². The Bertz CT molecular complexity index is 677. The largest absolute Gasteiger partial charge is 0.349 e. The first kappa shape index (κ1) is 16.2. The SMILES string of the molecule is Cc1ncsc1-c1ccc([C@H](C)NC(=O)[C@@H]2CCCC2C)cc1. The van der Waals surface area contributed by atoms with Gasteiger partial charge < -0.3 is 5.32 Å². The monoisotopic (exact) mass is 328 g/mol. The second kappa shape index (κ2) is 6.83. The molecule has 0 bridgehead atoms. The van der Waals surface area contributed by atoms with Gasteiger partial charge in [0, 0.05) is 5.92 Å². The number of hydrogen-bond acceptors (Lipinski definition) is 3. The van der Waals surface area contributed by atoms with Crippen molar-refractivity contribution in [3.63, 3.8) is 0 Å². The van der Waals surface area contributed by atoms with E-state index in [1.54, 1.807) is 11.3 Å². The lowest BCUT2D eigenvalue weighted by atomic mass is 9.96. The van der Waals surface area contributed by atoms with Crippen LogP contribution in [0.2, 0.25) is 0 Å². The molecular weight excluding hydrogens is 304 g/mol. The molecule has 122 valence electrons. The molecule has 2 aromatic rings. The molecule has 0 aliphatic heterocycles. The van der Waals surface area contributed by atoms with Gasteiger partial charge in [-0.25, -0.2) is 4.98 Å². The van der Waals surface area contributed by atoms with Gasteiger partial charge in [-0.1, -0.05) is 37.6 Å². The summed E-state index contributed by atoms with van der Waals surface area (Å²) in [6.45, 7) is 6.28. The molecule has 3 nitrogen and oxygen atoms in total. The van der Waals surface area contributed by atoms with Crippen molar-refractivity contribution in [2.45, 2.75) is 46.1 Å². The first-order valence-corrected chi connectivity index (χ1v) is 9.25. The Morgan fingerprint density at radius 3 is 2.61 bits per heavy atom. The number of benzene rings is 1. The number of amides is 1. The predicted molar refractivity (Wildman–Crippen MR) is 95.3 cm³/mol. The van der Waals surface area contributed by atoms with Crippen molar-refractivity contribution in [3.05, 3.63) is 41.0 Å². The Balaban J connectivity index is 1.67. The van der Waals surface area contributed by atoms with Crippen LogP contribution in [0.15, 0.2) is 29.8 Å². The molecule has 1 heterocycles. The zero-order chi connectivity index (χ0) is 16.4. The lowest BCUT2D eigenvalue weighted by Gasteiger charge is -2.20. The number of nitrogens with one attached hydrogen (secondary N) is 1. The fourth-order valence-electron chi connectivity index (χ4n) is 3.44. The molecule has 1 N–H and O–H groups in total. The van der Waals surface area contributed by atoms with E-state index in [1.165, 1.54) is 23.3 Å². The summed E-state index contributed by atoms with van der Waals surface area (Å²) in [6, 6.07) is 8.51. The van der Waals surface area contributed by atoms with Crippen molar-refractivity contribution in [2.75, 3.05) is 0 Å². The Morgan fingerprint density at radius 2 is 2.04 bits per heavy atom. The van der Waals surface area contributed by atoms with E-state index >= 15 is 0 Å². The molecule has 0 saturated heterocycles. The molecule has 1 aliphatic carbocycles. The number of carbonyl (C=O) groups excluding carboxylic acids is 1. The third-order valence-electron chi connectivity index (χ3n) is 4.98. The van der Waals surface area contributed by atoms with E-state index < -0.39 is 0 Å². The van der Waals surface area contributed by atoms with Crippen molar-refractivity contribution >= 4 is 17.2 Å². The highest BCUT2D eigenvalue weighted by atomic mass is 32.1. The number of nitrogens with zero attached hydrogens (tertiary/aromatic N) is 1. The summed E-state index contributed by atoms with van der Waals surface area (Å²) in [5, 5.41) is 3.19. The van der Waals surface area contributed by atoms with Gasteiger partial charge >= 0.3 is 0 Å². The van der Waals surface area contributed by atoms with Crippen LogP contribution < -0.4 is 5.32 Å². The summed E-state index contributed by atoms with van der Waals surface area (Å²) >= 11 is 1.66. The molecular formula is C19H24N2OS. The Kier molecular flexibility index (Phi) is 4.81. The quantitative estimate of drug-likeness (QED) is 0.881. The topological polar surface area (TPSA) is 42.0 Å². The Hall–Kier alpha value is -1.68. The van der Waals surface area contributed by atoms with Gasteiger partial charge in [-0.2, -0.15) is 0 Å². The standard InChI is InChI=1S/C19H24N2OS/c1-12-5-4-6-17(12)19(22)21-13(2)15-7-9-16(10-8-15)18-14(3)20-11-23-18/h7-13,17H,4-6H2,1-3H3,(H,21,22)/t12?,13-,17+/m0/s1. The first-order chi connectivity index (χ1) is 11.1. The maximum Gasteiger partial charge on any atom is 0.223 e. The van der Waals surface area contributed by atoms with Crippen molar-refractivity contribution in [2.24, 2.45) is 11.8 Å². The predicted octanol–water partition coefficient (Wildman–Crippen LogP) is 4.73. The molecule has 1 aromatic heterocycles. The van der Waals surface area contributed by atoms with Crippen molar-refractivity contribution in [1.29, 1.82) is 0 Å². The van der Waals surface area contributed by atoms with Crippen LogP contribution in [-0.4, -0.2) is 10.9 Å². The van der Waals surface area contributed by atoms with Gasteiger partial charge in [0.2, 0.25) is 5.91 Å². The van der Waals surface area contributed by atoms with Crippen molar-refractivity contribution in [1.82, 2.24) is 10.3 Å². The number of hydrogen-bond donors (Lipinski definition) is 1. The van der Waals surface area contributed by atoms with Gasteiger partial charge in [0.05, 0.1) is 22.1 Å². The van der Waals surface area contributed by atoms with Gasteiger partial charge in [-0.15, -0.1) is 11.3 Å². The number of carbonyl (C=O) groups is 1. The van der Waals surface area contributed by atoms with E-state index in [2.05, 4.69) is 48.4 Å². The average Bonchev–Trinajstić information content (AvgIpc) is 3.15. The number of thiazole rings is 1. The summed E-state index contributed by atoms with van der Waals surface area (Å²) in [6.07, 6.45) is 3.38. The van der Waals surface area contributed by atoms with Crippen molar-refractivity contribution in [3.8, 4) is 10.4 Å². The summed E-state index contributed by atoms with van der Waals surface area (Å²) in [7, 11) is 0. The summed E-state index contributed by atoms with van der Waals surface area (Å²) < 4.78 is 0. The van der Waals surface area contributed by atoms with E-state index in [9.17, 15) is 4.79 Å². The second-order valence-corrected chi connectivity index (χ2v) is 7.49. The summed E-state index contributed by atoms with van der Waals surface area (Å²) in [4.78, 5) is 17.9. The summed E-state index contributed by atoms with van der Waals surface area (Å²) in [5.41, 5.74) is 5.29.